The Labute approximate surface area is 142 Å². The molecule has 7 heteroatoms. The minimum atomic E-state index is -0.421. The van der Waals surface area contributed by atoms with Gasteiger partial charge in [-0.3, -0.25) is 4.79 Å². The molecule has 2 aromatic carbocycles. The number of carbonyl (C=O) groups excluding carboxylic acids is 1. The molecule has 2 rings (SSSR count). The zero-order chi connectivity index (χ0) is 16.3. The summed E-state index contributed by atoms with van der Waals surface area (Å²) >= 11 is 18.0. The summed E-state index contributed by atoms with van der Waals surface area (Å²) < 4.78 is 10.3. The van der Waals surface area contributed by atoms with Crippen LogP contribution in [0.2, 0.25) is 15.1 Å². The third-order valence-corrected chi connectivity index (χ3v) is 4.03. The van der Waals surface area contributed by atoms with Gasteiger partial charge in [0.15, 0.2) is 0 Å². The molecule has 0 saturated carbocycles. The fourth-order valence-electron chi connectivity index (χ4n) is 1.83. The van der Waals surface area contributed by atoms with Crippen molar-refractivity contribution in [3.63, 3.8) is 0 Å². The Hall–Kier alpha value is -1.62. The van der Waals surface area contributed by atoms with Crippen LogP contribution < -0.4 is 14.8 Å². The lowest BCUT2D eigenvalue weighted by atomic mass is 10.2. The van der Waals surface area contributed by atoms with Gasteiger partial charge in [0, 0.05) is 12.1 Å². The van der Waals surface area contributed by atoms with Crippen LogP contribution in [-0.4, -0.2) is 20.1 Å². The molecule has 0 radical (unpaired) electrons. The normalized spacial score (nSPS) is 10.2. The summed E-state index contributed by atoms with van der Waals surface area (Å²) in [6.07, 6.45) is 0. The summed E-state index contributed by atoms with van der Waals surface area (Å²) in [5, 5.41) is 3.56. The van der Waals surface area contributed by atoms with Crippen molar-refractivity contribution in [2.45, 2.75) is 0 Å². The predicted octanol–water partition coefficient (Wildman–Crippen LogP) is 4.92. The average molecular weight is 361 g/mol. The summed E-state index contributed by atoms with van der Waals surface area (Å²) in [5.74, 6) is 0.391. The smallest absolute Gasteiger partial charge is 0.257 e. The Kier molecular flexibility index (Phi) is 5.40. The summed E-state index contributed by atoms with van der Waals surface area (Å²) in [6, 6.07) is 7.94. The largest absolute Gasteiger partial charge is 0.495 e. The van der Waals surface area contributed by atoms with Crippen LogP contribution in [0.5, 0.6) is 11.5 Å². The Morgan fingerprint density at radius 1 is 1.00 bits per heavy atom. The minimum absolute atomic E-state index is 0.182. The van der Waals surface area contributed by atoms with E-state index < -0.39 is 5.91 Å². The van der Waals surface area contributed by atoms with Crippen molar-refractivity contribution in [2.24, 2.45) is 0 Å². The third kappa shape index (κ3) is 3.40. The first-order valence-corrected chi connectivity index (χ1v) is 7.28. The van der Waals surface area contributed by atoms with E-state index in [4.69, 9.17) is 44.3 Å². The van der Waals surface area contributed by atoms with Crippen LogP contribution in [0.4, 0.5) is 5.69 Å². The van der Waals surface area contributed by atoms with E-state index in [0.29, 0.717) is 27.2 Å². The molecule has 22 heavy (non-hydrogen) atoms. The number of ether oxygens (including phenoxy) is 2. The zero-order valence-corrected chi connectivity index (χ0v) is 14.0. The van der Waals surface area contributed by atoms with Gasteiger partial charge in [0.1, 0.15) is 11.5 Å². The SMILES string of the molecule is COc1cc(NC(=O)c2cccc(Cl)c2Cl)c(OC)cc1Cl. The number of anilines is 1. The molecule has 0 spiro atoms. The van der Waals surface area contributed by atoms with Crippen molar-refractivity contribution >= 4 is 46.4 Å². The van der Waals surface area contributed by atoms with E-state index in [2.05, 4.69) is 5.32 Å². The van der Waals surface area contributed by atoms with Gasteiger partial charge in [0.25, 0.3) is 5.91 Å². The van der Waals surface area contributed by atoms with Gasteiger partial charge in [0.2, 0.25) is 0 Å². The lowest BCUT2D eigenvalue weighted by molar-refractivity contribution is 0.102. The van der Waals surface area contributed by atoms with E-state index in [9.17, 15) is 4.79 Å². The van der Waals surface area contributed by atoms with Gasteiger partial charge in [-0.1, -0.05) is 40.9 Å². The molecule has 0 unspecified atom stereocenters. The molecule has 0 aliphatic carbocycles. The maximum Gasteiger partial charge on any atom is 0.257 e. The van der Waals surface area contributed by atoms with Crippen LogP contribution in [-0.2, 0) is 0 Å². The van der Waals surface area contributed by atoms with Crippen molar-refractivity contribution in [1.82, 2.24) is 0 Å². The monoisotopic (exact) mass is 359 g/mol. The molecular formula is C15H12Cl3NO3. The van der Waals surface area contributed by atoms with Crippen LogP contribution in [0.25, 0.3) is 0 Å². The van der Waals surface area contributed by atoms with E-state index >= 15 is 0 Å². The van der Waals surface area contributed by atoms with Crippen molar-refractivity contribution < 1.29 is 14.3 Å². The van der Waals surface area contributed by atoms with E-state index in [-0.39, 0.29) is 10.6 Å². The lowest BCUT2D eigenvalue weighted by Gasteiger charge is -2.13. The second kappa shape index (κ2) is 7.09. The number of methoxy groups -OCH3 is 2. The van der Waals surface area contributed by atoms with Gasteiger partial charge in [-0.05, 0) is 12.1 Å². The van der Waals surface area contributed by atoms with Gasteiger partial charge in [0.05, 0.1) is 40.5 Å². The average Bonchev–Trinajstić information content (AvgIpc) is 2.51. The van der Waals surface area contributed by atoms with Gasteiger partial charge in [-0.15, -0.1) is 0 Å². The summed E-state index contributed by atoms with van der Waals surface area (Å²) in [6.45, 7) is 0. The highest BCUT2D eigenvalue weighted by atomic mass is 35.5. The number of hydrogen-bond donors (Lipinski definition) is 1. The van der Waals surface area contributed by atoms with Gasteiger partial charge >= 0.3 is 0 Å². The molecule has 1 N–H and O–H groups in total. The topological polar surface area (TPSA) is 47.6 Å². The standard InChI is InChI=1S/C15H12Cl3NO3/c1-21-12-7-11(13(22-2)6-10(12)17)19-15(20)8-4-3-5-9(16)14(8)18/h3-7H,1-2H3,(H,19,20). The number of benzene rings is 2. The van der Waals surface area contributed by atoms with E-state index in [0.717, 1.165) is 0 Å². The summed E-state index contributed by atoms with van der Waals surface area (Å²) in [5.41, 5.74) is 0.662. The van der Waals surface area contributed by atoms with Gasteiger partial charge in [-0.2, -0.15) is 0 Å². The molecule has 2 aromatic rings. The second-order valence-corrected chi connectivity index (χ2v) is 5.43. The highest BCUT2D eigenvalue weighted by Gasteiger charge is 2.16. The number of amides is 1. The van der Waals surface area contributed by atoms with Gasteiger partial charge in [-0.25, -0.2) is 0 Å². The molecular weight excluding hydrogens is 349 g/mol. The molecule has 1 amide bonds. The van der Waals surface area contributed by atoms with E-state index in [1.165, 1.54) is 14.2 Å². The minimum Gasteiger partial charge on any atom is -0.495 e. The van der Waals surface area contributed by atoms with Crippen LogP contribution in [0.15, 0.2) is 30.3 Å². The quantitative estimate of drug-likeness (QED) is 0.842. The first-order chi connectivity index (χ1) is 10.5. The Balaban J connectivity index is 2.37. The molecule has 116 valence electrons. The zero-order valence-electron chi connectivity index (χ0n) is 11.7. The third-order valence-electron chi connectivity index (χ3n) is 2.92. The Morgan fingerprint density at radius 3 is 2.32 bits per heavy atom. The summed E-state index contributed by atoms with van der Waals surface area (Å²) in [4.78, 5) is 12.4. The molecule has 0 bridgehead atoms. The number of carbonyl (C=O) groups is 1. The fraction of sp³-hybridized carbons (Fsp3) is 0.133. The van der Waals surface area contributed by atoms with Crippen molar-refractivity contribution in [2.75, 3.05) is 19.5 Å². The molecule has 0 fully saturated rings. The molecule has 0 heterocycles. The van der Waals surface area contributed by atoms with Crippen LogP contribution in [0.1, 0.15) is 10.4 Å². The molecule has 0 aliphatic heterocycles. The van der Waals surface area contributed by atoms with Crippen LogP contribution >= 0.6 is 34.8 Å². The summed E-state index contributed by atoms with van der Waals surface area (Å²) in [7, 11) is 2.95. The number of nitrogens with one attached hydrogen (secondary N) is 1. The molecule has 4 nitrogen and oxygen atoms in total. The molecule has 0 aromatic heterocycles. The first-order valence-electron chi connectivity index (χ1n) is 6.14. The maximum atomic E-state index is 12.4. The van der Waals surface area contributed by atoms with Gasteiger partial charge < -0.3 is 14.8 Å². The highest BCUT2D eigenvalue weighted by molar-refractivity contribution is 6.44. The Bertz CT molecular complexity index is 719. The second-order valence-electron chi connectivity index (χ2n) is 4.24. The lowest BCUT2D eigenvalue weighted by Crippen LogP contribution is -2.13. The van der Waals surface area contributed by atoms with Crippen LogP contribution in [0, 0.1) is 0 Å². The van der Waals surface area contributed by atoms with Crippen LogP contribution in [0.3, 0.4) is 0 Å². The van der Waals surface area contributed by atoms with E-state index in [1.807, 2.05) is 0 Å². The molecule has 0 atom stereocenters. The van der Waals surface area contributed by atoms with E-state index in [1.54, 1.807) is 30.3 Å². The number of rotatable bonds is 4. The number of hydrogen-bond acceptors (Lipinski definition) is 3. The van der Waals surface area contributed by atoms with Crippen molar-refractivity contribution in [1.29, 1.82) is 0 Å². The maximum absolute atomic E-state index is 12.4. The highest BCUT2D eigenvalue weighted by Crippen LogP contribution is 2.36. The predicted molar refractivity (Wildman–Crippen MR) is 89.0 cm³/mol. The molecule has 0 saturated heterocycles. The Morgan fingerprint density at radius 2 is 1.68 bits per heavy atom. The van der Waals surface area contributed by atoms with Crippen molar-refractivity contribution in [3.8, 4) is 11.5 Å². The first kappa shape index (κ1) is 16.7. The molecule has 0 aliphatic rings. The number of halogens is 3. The van der Waals surface area contributed by atoms with Crippen molar-refractivity contribution in [3.05, 3.63) is 51.0 Å². The fourth-order valence-corrected chi connectivity index (χ4v) is 2.44.